The minimum Gasteiger partial charge on any atom is -0.491 e. The molecule has 2 atom stereocenters. The van der Waals surface area contributed by atoms with Crippen molar-refractivity contribution in [1.29, 1.82) is 0 Å². The largest absolute Gasteiger partial charge is 0.491 e. The highest BCUT2D eigenvalue weighted by Crippen LogP contribution is 2.40. The summed E-state index contributed by atoms with van der Waals surface area (Å²) in [6.07, 6.45) is -1.21. The highest BCUT2D eigenvalue weighted by molar-refractivity contribution is 14.1. The Hall–Kier alpha value is -2.07. The van der Waals surface area contributed by atoms with Crippen molar-refractivity contribution in [2.75, 3.05) is 25.2 Å². The van der Waals surface area contributed by atoms with Crippen molar-refractivity contribution in [3.8, 4) is 5.75 Å². The number of hydrogen-bond donors (Lipinski definition) is 1. The Labute approximate surface area is 163 Å². The Morgan fingerprint density at radius 1 is 1.27 bits per heavy atom. The van der Waals surface area contributed by atoms with Crippen molar-refractivity contribution in [3.05, 3.63) is 61.1 Å². The second kappa shape index (κ2) is 6.27. The number of carbonyl (C=O) groups excluding carboxylic acids is 1. The van der Waals surface area contributed by atoms with Crippen LogP contribution in [0.2, 0.25) is 0 Å². The number of methoxy groups -OCH3 is 1. The maximum Gasteiger partial charge on any atom is 0.278 e. The van der Waals surface area contributed by atoms with Gasteiger partial charge in [-0.3, -0.25) is 14.6 Å². The predicted molar refractivity (Wildman–Crippen MR) is 104 cm³/mol. The van der Waals surface area contributed by atoms with Gasteiger partial charge in [0.1, 0.15) is 12.3 Å². The molecule has 2 aliphatic rings. The lowest BCUT2D eigenvalue weighted by atomic mass is 10.1. The third kappa shape index (κ3) is 2.21. The molecule has 1 N–H and O–H groups in total. The van der Waals surface area contributed by atoms with E-state index in [4.69, 9.17) is 4.74 Å². The Morgan fingerprint density at radius 2 is 1.96 bits per heavy atom. The normalized spacial score (nSPS) is 21.2. The van der Waals surface area contributed by atoms with Crippen LogP contribution < -0.4 is 15.2 Å². The maximum absolute atomic E-state index is 13.3. The monoisotopic (exact) mass is 467 g/mol. The Balaban J connectivity index is 2.04. The van der Waals surface area contributed by atoms with Crippen molar-refractivity contribution in [3.63, 3.8) is 0 Å². The molecule has 2 aliphatic heterocycles. The third-order valence-electron chi connectivity index (χ3n) is 4.90. The number of hydrogen-bond acceptors (Lipinski definition) is 5. The first kappa shape index (κ1) is 17.3. The van der Waals surface area contributed by atoms with Crippen molar-refractivity contribution >= 4 is 28.5 Å². The SMILES string of the molecule is CCN1C(=O)c2c(OC)c(=O)c(I)c3n2N(CC3O)C1c1ccccc1. The first-order valence-corrected chi connectivity index (χ1v) is 9.42. The summed E-state index contributed by atoms with van der Waals surface area (Å²) >= 11 is 1.92. The van der Waals surface area contributed by atoms with Crippen LogP contribution in [0.4, 0.5) is 0 Å². The zero-order valence-corrected chi connectivity index (χ0v) is 16.5. The topological polar surface area (TPSA) is 75.0 Å². The van der Waals surface area contributed by atoms with E-state index in [0.717, 1.165) is 5.56 Å². The average Bonchev–Trinajstić information content (AvgIpc) is 2.99. The molecule has 1 aromatic heterocycles. The number of aliphatic hydroxyl groups is 1. The second-order valence-electron chi connectivity index (χ2n) is 6.24. The highest BCUT2D eigenvalue weighted by Gasteiger charge is 2.47. The summed E-state index contributed by atoms with van der Waals surface area (Å²) in [6, 6.07) is 9.69. The fourth-order valence-electron chi connectivity index (χ4n) is 3.82. The lowest BCUT2D eigenvalue weighted by molar-refractivity contribution is 0.0582. The number of halogens is 1. The van der Waals surface area contributed by atoms with E-state index < -0.39 is 6.10 Å². The number of pyridine rings is 1. The molecule has 7 nitrogen and oxygen atoms in total. The van der Waals surface area contributed by atoms with Gasteiger partial charge in [-0.15, -0.1) is 0 Å². The molecule has 4 rings (SSSR count). The lowest BCUT2D eigenvalue weighted by Gasteiger charge is -2.44. The van der Waals surface area contributed by atoms with E-state index in [1.165, 1.54) is 7.11 Å². The fraction of sp³-hybridized carbons (Fsp3) is 0.333. The molecule has 26 heavy (non-hydrogen) atoms. The van der Waals surface area contributed by atoms with Gasteiger partial charge in [0.15, 0.2) is 11.4 Å². The van der Waals surface area contributed by atoms with Gasteiger partial charge in [-0.25, -0.2) is 4.68 Å². The van der Waals surface area contributed by atoms with Gasteiger partial charge in [0.25, 0.3) is 5.91 Å². The van der Waals surface area contributed by atoms with E-state index in [9.17, 15) is 14.7 Å². The van der Waals surface area contributed by atoms with Crippen LogP contribution in [0.5, 0.6) is 5.75 Å². The smallest absolute Gasteiger partial charge is 0.278 e. The molecule has 0 spiro atoms. The van der Waals surface area contributed by atoms with Crippen molar-refractivity contribution in [1.82, 2.24) is 9.58 Å². The molecule has 0 saturated carbocycles. The van der Waals surface area contributed by atoms with Crippen LogP contribution in [0.3, 0.4) is 0 Å². The third-order valence-corrected chi connectivity index (χ3v) is 5.94. The molecular formula is C18H18IN3O4. The van der Waals surface area contributed by atoms with Gasteiger partial charge >= 0.3 is 0 Å². The molecule has 0 aliphatic carbocycles. The van der Waals surface area contributed by atoms with Crippen LogP contribution >= 0.6 is 22.6 Å². The van der Waals surface area contributed by atoms with Gasteiger partial charge in [-0.1, -0.05) is 30.3 Å². The molecule has 0 saturated heterocycles. The van der Waals surface area contributed by atoms with Gasteiger partial charge in [-0.05, 0) is 35.1 Å². The zero-order valence-electron chi connectivity index (χ0n) is 14.3. The minimum atomic E-state index is -0.852. The van der Waals surface area contributed by atoms with Crippen LogP contribution in [0.1, 0.15) is 40.9 Å². The fourth-order valence-corrected chi connectivity index (χ4v) is 4.65. The van der Waals surface area contributed by atoms with Crippen LogP contribution in [0, 0.1) is 3.57 Å². The average molecular weight is 467 g/mol. The molecule has 0 radical (unpaired) electrons. The summed E-state index contributed by atoms with van der Waals surface area (Å²) < 4.78 is 7.36. The summed E-state index contributed by atoms with van der Waals surface area (Å²) in [5.41, 5.74) is 1.22. The van der Waals surface area contributed by atoms with Crippen LogP contribution in [0.25, 0.3) is 0 Å². The van der Waals surface area contributed by atoms with Gasteiger partial charge < -0.3 is 14.7 Å². The number of rotatable bonds is 3. The molecular weight excluding hydrogens is 449 g/mol. The predicted octanol–water partition coefficient (Wildman–Crippen LogP) is 1.62. The molecule has 1 aromatic carbocycles. The number of amides is 1. The van der Waals surface area contributed by atoms with E-state index >= 15 is 0 Å². The minimum absolute atomic E-state index is 0.0206. The van der Waals surface area contributed by atoms with Gasteiger partial charge in [-0.2, -0.15) is 0 Å². The summed E-state index contributed by atoms with van der Waals surface area (Å²) in [5.74, 6) is -0.259. The van der Waals surface area contributed by atoms with E-state index in [-0.39, 0.29) is 28.9 Å². The lowest BCUT2D eigenvalue weighted by Crippen LogP contribution is -2.55. The first-order chi connectivity index (χ1) is 12.5. The summed E-state index contributed by atoms with van der Waals surface area (Å²) in [5, 5.41) is 12.6. The molecule has 136 valence electrons. The first-order valence-electron chi connectivity index (χ1n) is 8.34. The van der Waals surface area contributed by atoms with Crippen LogP contribution in [-0.4, -0.2) is 40.8 Å². The Bertz CT molecular complexity index is 944. The Kier molecular flexibility index (Phi) is 4.19. The number of ether oxygens (including phenoxy) is 1. The van der Waals surface area contributed by atoms with E-state index in [1.54, 1.807) is 9.58 Å². The molecule has 2 aromatic rings. The molecule has 0 fully saturated rings. The zero-order chi connectivity index (χ0) is 18.6. The number of benzene rings is 1. The highest BCUT2D eigenvalue weighted by atomic mass is 127. The summed E-state index contributed by atoms with van der Waals surface area (Å²) in [6.45, 7) is 2.65. The van der Waals surface area contributed by atoms with E-state index in [1.807, 2.05) is 64.9 Å². The Morgan fingerprint density at radius 3 is 2.58 bits per heavy atom. The number of nitrogens with zero attached hydrogens (tertiary/aromatic N) is 3. The standard InChI is InChI=1S/C18H18IN3O4/c1-3-20-17(10-7-5-4-6-8-10)21-9-11(23)13-12(19)15(24)16(26-2)14(18(20)25)22(13)21/h4-8,11,17,23H,3,9H2,1-2H3. The molecule has 1 amide bonds. The van der Waals surface area contributed by atoms with Gasteiger partial charge in [0.2, 0.25) is 5.43 Å². The summed E-state index contributed by atoms with van der Waals surface area (Å²) in [7, 11) is 1.39. The van der Waals surface area contributed by atoms with Crippen LogP contribution in [-0.2, 0) is 0 Å². The van der Waals surface area contributed by atoms with E-state index in [0.29, 0.717) is 22.4 Å². The number of aliphatic hydroxyl groups excluding tert-OH is 1. The molecule has 8 heteroatoms. The van der Waals surface area contributed by atoms with Crippen molar-refractivity contribution in [2.45, 2.75) is 19.2 Å². The maximum atomic E-state index is 13.3. The van der Waals surface area contributed by atoms with Crippen molar-refractivity contribution in [2.24, 2.45) is 0 Å². The molecule has 3 heterocycles. The number of carbonyl (C=O) groups is 1. The summed E-state index contributed by atoms with van der Waals surface area (Å²) in [4.78, 5) is 27.6. The quantitative estimate of drug-likeness (QED) is 0.695. The van der Waals surface area contributed by atoms with Gasteiger partial charge in [0.05, 0.1) is 22.9 Å². The van der Waals surface area contributed by atoms with Crippen LogP contribution in [0.15, 0.2) is 35.1 Å². The van der Waals surface area contributed by atoms with Gasteiger partial charge in [0, 0.05) is 6.54 Å². The number of aromatic nitrogens is 1. The van der Waals surface area contributed by atoms with E-state index in [2.05, 4.69) is 0 Å². The molecule has 0 bridgehead atoms. The second-order valence-corrected chi connectivity index (χ2v) is 7.31. The molecule has 2 unspecified atom stereocenters. The van der Waals surface area contributed by atoms with Crippen molar-refractivity contribution < 1.29 is 14.6 Å².